The highest BCUT2D eigenvalue weighted by molar-refractivity contribution is 5.67. The predicted octanol–water partition coefficient (Wildman–Crippen LogP) is 2.29. The van der Waals surface area contributed by atoms with Crippen molar-refractivity contribution in [1.29, 1.82) is 0 Å². The number of esters is 1. The summed E-state index contributed by atoms with van der Waals surface area (Å²) >= 11 is 0. The number of benzene rings is 1. The van der Waals surface area contributed by atoms with Crippen molar-refractivity contribution in [3.63, 3.8) is 0 Å². The molecular formula is C13H16O3. The van der Waals surface area contributed by atoms with Gasteiger partial charge in [-0.05, 0) is 12.0 Å². The molecule has 0 aromatic heterocycles. The zero-order valence-electron chi connectivity index (χ0n) is 9.56. The van der Waals surface area contributed by atoms with Crippen LogP contribution in [0.15, 0.2) is 24.3 Å². The largest absolute Gasteiger partial charge is 0.454 e. The molecule has 1 aromatic rings. The first-order valence-electron chi connectivity index (χ1n) is 5.56. The SMILES string of the molecule is CCC1(OC(C)=O)CC(O)c2ccccc21. The molecule has 1 aromatic carbocycles. The Kier molecular flexibility index (Phi) is 2.72. The van der Waals surface area contributed by atoms with Gasteiger partial charge in [0.15, 0.2) is 0 Å². The number of carbonyl (C=O) groups is 1. The summed E-state index contributed by atoms with van der Waals surface area (Å²) < 4.78 is 5.45. The maximum Gasteiger partial charge on any atom is 0.303 e. The van der Waals surface area contributed by atoms with E-state index in [4.69, 9.17) is 4.74 Å². The van der Waals surface area contributed by atoms with E-state index >= 15 is 0 Å². The molecule has 3 nitrogen and oxygen atoms in total. The molecule has 0 heterocycles. The van der Waals surface area contributed by atoms with Gasteiger partial charge in [-0.25, -0.2) is 0 Å². The van der Waals surface area contributed by atoms with Crippen LogP contribution >= 0.6 is 0 Å². The molecule has 16 heavy (non-hydrogen) atoms. The van der Waals surface area contributed by atoms with E-state index in [0.29, 0.717) is 12.8 Å². The number of hydrogen-bond acceptors (Lipinski definition) is 3. The van der Waals surface area contributed by atoms with Crippen molar-refractivity contribution in [3.8, 4) is 0 Å². The summed E-state index contributed by atoms with van der Waals surface area (Å²) in [5, 5.41) is 9.97. The normalized spacial score (nSPS) is 27.6. The number of aliphatic hydroxyl groups excluding tert-OH is 1. The molecule has 0 saturated heterocycles. The van der Waals surface area contributed by atoms with Gasteiger partial charge in [-0.2, -0.15) is 0 Å². The summed E-state index contributed by atoms with van der Waals surface area (Å²) in [6.45, 7) is 3.38. The molecular weight excluding hydrogens is 204 g/mol. The second-order valence-corrected chi connectivity index (χ2v) is 4.25. The van der Waals surface area contributed by atoms with E-state index < -0.39 is 11.7 Å². The number of hydrogen-bond donors (Lipinski definition) is 1. The topological polar surface area (TPSA) is 46.5 Å². The van der Waals surface area contributed by atoms with Crippen LogP contribution in [0.4, 0.5) is 0 Å². The van der Waals surface area contributed by atoms with E-state index in [0.717, 1.165) is 11.1 Å². The van der Waals surface area contributed by atoms with Crippen molar-refractivity contribution >= 4 is 5.97 Å². The van der Waals surface area contributed by atoms with E-state index in [1.807, 2.05) is 31.2 Å². The molecule has 2 rings (SSSR count). The van der Waals surface area contributed by atoms with Crippen LogP contribution in [0.5, 0.6) is 0 Å². The number of ether oxygens (including phenoxy) is 1. The molecule has 0 amide bonds. The average Bonchev–Trinajstić information content (AvgIpc) is 2.53. The maximum atomic E-state index is 11.2. The van der Waals surface area contributed by atoms with Crippen molar-refractivity contribution in [3.05, 3.63) is 35.4 Å². The van der Waals surface area contributed by atoms with Crippen LogP contribution < -0.4 is 0 Å². The fraction of sp³-hybridized carbons (Fsp3) is 0.462. The average molecular weight is 220 g/mol. The minimum atomic E-state index is -0.637. The lowest BCUT2D eigenvalue weighted by Crippen LogP contribution is -2.28. The van der Waals surface area contributed by atoms with Gasteiger partial charge < -0.3 is 9.84 Å². The monoisotopic (exact) mass is 220 g/mol. The quantitative estimate of drug-likeness (QED) is 0.778. The molecule has 0 radical (unpaired) electrons. The molecule has 0 bridgehead atoms. The Hall–Kier alpha value is -1.35. The van der Waals surface area contributed by atoms with Gasteiger partial charge in [-0.1, -0.05) is 31.2 Å². The number of aliphatic hydroxyl groups is 1. The highest BCUT2D eigenvalue weighted by Crippen LogP contribution is 2.47. The first-order valence-corrected chi connectivity index (χ1v) is 5.56. The van der Waals surface area contributed by atoms with Crippen molar-refractivity contribution in [2.24, 2.45) is 0 Å². The second kappa shape index (κ2) is 3.91. The Morgan fingerprint density at radius 1 is 1.56 bits per heavy atom. The van der Waals surface area contributed by atoms with Gasteiger partial charge >= 0.3 is 5.97 Å². The van der Waals surface area contributed by atoms with Crippen LogP contribution in [0.3, 0.4) is 0 Å². The van der Waals surface area contributed by atoms with Crippen LogP contribution in [0.1, 0.15) is 43.9 Å². The van der Waals surface area contributed by atoms with Gasteiger partial charge in [0.2, 0.25) is 0 Å². The molecule has 2 unspecified atom stereocenters. The maximum absolute atomic E-state index is 11.2. The fourth-order valence-corrected chi connectivity index (χ4v) is 2.51. The van der Waals surface area contributed by atoms with Gasteiger partial charge in [-0.3, -0.25) is 4.79 Å². The molecule has 3 heteroatoms. The van der Waals surface area contributed by atoms with Gasteiger partial charge in [0.05, 0.1) is 6.10 Å². The molecule has 0 saturated carbocycles. The third-order valence-corrected chi connectivity index (χ3v) is 3.24. The van der Waals surface area contributed by atoms with Crippen molar-refractivity contribution in [1.82, 2.24) is 0 Å². The zero-order chi connectivity index (χ0) is 11.8. The van der Waals surface area contributed by atoms with Crippen molar-refractivity contribution < 1.29 is 14.6 Å². The van der Waals surface area contributed by atoms with Crippen LogP contribution in [0, 0.1) is 0 Å². The molecule has 0 fully saturated rings. The summed E-state index contributed by atoms with van der Waals surface area (Å²) in [7, 11) is 0. The lowest BCUT2D eigenvalue weighted by Gasteiger charge is -2.28. The Balaban J connectivity index is 2.47. The van der Waals surface area contributed by atoms with Gasteiger partial charge in [-0.15, -0.1) is 0 Å². The highest BCUT2D eigenvalue weighted by atomic mass is 16.6. The van der Waals surface area contributed by atoms with E-state index in [9.17, 15) is 9.90 Å². The van der Waals surface area contributed by atoms with Gasteiger partial charge in [0.25, 0.3) is 0 Å². The van der Waals surface area contributed by atoms with E-state index in [1.165, 1.54) is 6.92 Å². The molecule has 86 valence electrons. The zero-order valence-corrected chi connectivity index (χ0v) is 9.56. The number of fused-ring (bicyclic) bond motifs is 1. The summed E-state index contributed by atoms with van der Waals surface area (Å²) in [6.07, 6.45) is 0.610. The second-order valence-electron chi connectivity index (χ2n) is 4.25. The van der Waals surface area contributed by atoms with Crippen LogP contribution in [-0.4, -0.2) is 11.1 Å². The summed E-state index contributed by atoms with van der Waals surface area (Å²) in [5.74, 6) is -0.300. The van der Waals surface area contributed by atoms with Crippen LogP contribution in [0.25, 0.3) is 0 Å². The van der Waals surface area contributed by atoms with Crippen LogP contribution in [0.2, 0.25) is 0 Å². The first kappa shape index (κ1) is 11.1. The summed E-state index contributed by atoms with van der Waals surface area (Å²) in [6, 6.07) is 7.62. The third-order valence-electron chi connectivity index (χ3n) is 3.24. The lowest BCUT2D eigenvalue weighted by molar-refractivity contribution is -0.160. The molecule has 1 N–H and O–H groups in total. The lowest BCUT2D eigenvalue weighted by atomic mass is 9.93. The standard InChI is InChI=1S/C13H16O3/c1-3-13(16-9(2)14)8-12(15)10-6-4-5-7-11(10)13/h4-7,12,15H,3,8H2,1-2H3. The molecule has 0 aliphatic heterocycles. The van der Waals surface area contributed by atoms with Crippen molar-refractivity contribution in [2.45, 2.75) is 38.4 Å². The number of rotatable bonds is 2. The van der Waals surface area contributed by atoms with Gasteiger partial charge in [0.1, 0.15) is 5.60 Å². The highest BCUT2D eigenvalue weighted by Gasteiger charge is 2.44. The molecule has 2 atom stereocenters. The minimum absolute atomic E-state index is 0.300. The van der Waals surface area contributed by atoms with Crippen LogP contribution in [-0.2, 0) is 15.1 Å². The van der Waals surface area contributed by atoms with Crippen molar-refractivity contribution in [2.75, 3.05) is 0 Å². The van der Waals surface area contributed by atoms with Gasteiger partial charge in [0, 0.05) is 18.9 Å². The predicted molar refractivity (Wildman–Crippen MR) is 59.8 cm³/mol. The number of carbonyl (C=O) groups excluding carboxylic acids is 1. The molecule has 1 aliphatic rings. The minimum Gasteiger partial charge on any atom is -0.454 e. The molecule has 1 aliphatic carbocycles. The Labute approximate surface area is 95.0 Å². The smallest absolute Gasteiger partial charge is 0.303 e. The van der Waals surface area contributed by atoms with E-state index in [-0.39, 0.29) is 5.97 Å². The van der Waals surface area contributed by atoms with E-state index in [1.54, 1.807) is 0 Å². The molecule has 0 spiro atoms. The van der Waals surface area contributed by atoms with E-state index in [2.05, 4.69) is 0 Å². The Morgan fingerprint density at radius 3 is 2.88 bits per heavy atom. The first-order chi connectivity index (χ1) is 7.59. The fourth-order valence-electron chi connectivity index (χ4n) is 2.51. The Bertz CT molecular complexity index is 413. The summed E-state index contributed by atoms with van der Waals surface area (Å²) in [4.78, 5) is 11.2. The summed E-state index contributed by atoms with van der Waals surface area (Å²) in [5.41, 5.74) is 1.19. The third kappa shape index (κ3) is 1.61. The Morgan fingerprint density at radius 2 is 2.25 bits per heavy atom.